The Kier molecular flexibility index (Phi) is 10.6. The second-order valence-corrected chi connectivity index (χ2v) is 11.7. The van der Waals surface area contributed by atoms with Crippen LogP contribution in [0.5, 0.6) is 0 Å². The van der Waals surface area contributed by atoms with Crippen molar-refractivity contribution in [3.63, 3.8) is 0 Å². The highest BCUT2D eigenvalue weighted by Gasteiger charge is 2.21. The molecule has 0 radical (unpaired) electrons. The molecular weight excluding hydrogens is 633 g/mol. The van der Waals surface area contributed by atoms with Crippen molar-refractivity contribution in [3.05, 3.63) is 93.3 Å². The van der Waals surface area contributed by atoms with Crippen LogP contribution in [0.4, 0.5) is 11.4 Å². The van der Waals surface area contributed by atoms with Crippen LogP contribution in [0.15, 0.2) is 83.1 Å². The minimum absolute atomic E-state index is 0.210. The number of hydrogen-bond acceptors (Lipinski definition) is 7. The number of carbonyl (C=O) groups excluding carboxylic acids is 1. The summed E-state index contributed by atoms with van der Waals surface area (Å²) >= 11 is 3.66. The number of aromatic nitrogens is 3. The first-order chi connectivity index (χ1) is 19.4. The van der Waals surface area contributed by atoms with Gasteiger partial charge in [-0.1, -0.05) is 42.1 Å². The summed E-state index contributed by atoms with van der Waals surface area (Å²) in [6, 6.07) is 24.3. The Labute approximate surface area is 253 Å². The van der Waals surface area contributed by atoms with Gasteiger partial charge < -0.3 is 10.2 Å². The van der Waals surface area contributed by atoms with E-state index in [1.807, 2.05) is 54.0 Å². The van der Waals surface area contributed by atoms with E-state index in [1.165, 1.54) is 21.0 Å². The number of aryl methyl sites for hydroxylation is 1. The molecule has 8 nitrogen and oxygen atoms in total. The molecule has 1 heterocycles. The number of hydrogen-bond donors (Lipinski definition) is 2. The van der Waals surface area contributed by atoms with Crippen LogP contribution in [0.1, 0.15) is 37.7 Å². The van der Waals surface area contributed by atoms with E-state index >= 15 is 0 Å². The predicted octanol–water partition coefficient (Wildman–Crippen LogP) is 6.27. The molecule has 1 atom stereocenters. The second kappa shape index (κ2) is 14.3. The summed E-state index contributed by atoms with van der Waals surface area (Å²) in [6.45, 7) is 10.6. The molecule has 2 N–H and O–H groups in total. The van der Waals surface area contributed by atoms with E-state index in [0.717, 1.165) is 41.4 Å². The number of anilines is 2. The molecule has 1 aromatic heterocycles. The number of halogens is 1. The third-order valence-electron chi connectivity index (χ3n) is 6.40. The number of thioether (sulfide) groups is 1. The number of nitrogens with one attached hydrogen (secondary N) is 2. The van der Waals surface area contributed by atoms with Gasteiger partial charge in [-0.05, 0) is 104 Å². The lowest BCUT2D eigenvalue weighted by atomic mass is 10.2. The molecule has 1 amide bonds. The average Bonchev–Trinajstić information content (AvgIpc) is 3.36. The number of nitrogens with zero attached hydrogens (tertiary/aromatic N) is 5. The van der Waals surface area contributed by atoms with Crippen LogP contribution < -0.4 is 15.6 Å². The zero-order valence-electron chi connectivity index (χ0n) is 23.1. The van der Waals surface area contributed by atoms with Crippen LogP contribution >= 0.6 is 34.4 Å². The number of hydrazone groups is 1. The summed E-state index contributed by atoms with van der Waals surface area (Å²) in [5.41, 5.74) is 7.90. The minimum Gasteiger partial charge on any atom is -0.378 e. The molecule has 0 bridgehead atoms. The zero-order valence-corrected chi connectivity index (χ0v) is 26.1. The first kappa shape index (κ1) is 29.6. The molecule has 0 saturated carbocycles. The molecule has 1 unspecified atom stereocenters. The lowest BCUT2D eigenvalue weighted by Crippen LogP contribution is -2.27. The van der Waals surface area contributed by atoms with Crippen molar-refractivity contribution in [3.8, 4) is 5.69 Å². The zero-order chi connectivity index (χ0) is 28.5. The summed E-state index contributed by atoms with van der Waals surface area (Å²) < 4.78 is 3.18. The molecule has 3 aromatic carbocycles. The third-order valence-corrected chi connectivity index (χ3v) is 8.12. The molecule has 0 aliphatic rings. The SMILES string of the molecule is CCN(CC)c1ccc(/C=N/NC(=O)C(C)Sc2nnc(CNc3ccc(I)cc3C)n2-c2ccccc2)cc1. The van der Waals surface area contributed by atoms with E-state index in [0.29, 0.717) is 11.7 Å². The van der Waals surface area contributed by atoms with Crippen LogP contribution in [0.25, 0.3) is 5.69 Å². The van der Waals surface area contributed by atoms with Crippen LogP contribution in [0.2, 0.25) is 0 Å². The highest BCUT2D eigenvalue weighted by molar-refractivity contribution is 14.1. The van der Waals surface area contributed by atoms with E-state index in [2.05, 4.69) is 105 Å². The molecule has 0 aliphatic carbocycles. The fraction of sp³-hybridized carbons (Fsp3) is 0.267. The fourth-order valence-electron chi connectivity index (χ4n) is 4.16. The molecular formula is C30H34IN7OS. The predicted molar refractivity (Wildman–Crippen MR) is 174 cm³/mol. The van der Waals surface area contributed by atoms with Gasteiger partial charge in [-0.25, -0.2) is 5.43 Å². The van der Waals surface area contributed by atoms with Crippen molar-refractivity contribution >= 4 is 57.8 Å². The Bertz CT molecular complexity index is 1440. The summed E-state index contributed by atoms with van der Waals surface area (Å²) in [7, 11) is 0. The number of para-hydroxylation sites is 1. The second-order valence-electron chi connectivity index (χ2n) is 9.14. The van der Waals surface area contributed by atoms with E-state index in [4.69, 9.17) is 0 Å². The Morgan fingerprint density at radius 1 is 1.07 bits per heavy atom. The van der Waals surface area contributed by atoms with Crippen LogP contribution in [0.3, 0.4) is 0 Å². The van der Waals surface area contributed by atoms with E-state index in [9.17, 15) is 4.79 Å². The van der Waals surface area contributed by atoms with Crippen LogP contribution in [-0.4, -0.2) is 45.2 Å². The molecule has 0 spiro atoms. The maximum absolute atomic E-state index is 12.9. The van der Waals surface area contributed by atoms with Gasteiger partial charge in [0.1, 0.15) is 0 Å². The Morgan fingerprint density at radius 3 is 2.48 bits per heavy atom. The van der Waals surface area contributed by atoms with E-state index in [-0.39, 0.29) is 5.91 Å². The monoisotopic (exact) mass is 667 g/mol. The standard InChI is InChI=1S/C30H34IN7OS/c1-5-37(6-2)25-15-12-23(13-16-25)19-33-35-29(39)22(4)40-30-36-34-28(38(30)26-10-8-7-9-11-26)20-32-27-17-14-24(31)18-21(27)3/h7-19,22,32H,5-6,20H2,1-4H3,(H,35,39)/b33-19+. The lowest BCUT2D eigenvalue weighted by molar-refractivity contribution is -0.120. The van der Waals surface area contributed by atoms with Crippen molar-refractivity contribution in [1.82, 2.24) is 20.2 Å². The number of carbonyl (C=O) groups is 1. The molecule has 4 rings (SSSR count). The lowest BCUT2D eigenvalue weighted by Gasteiger charge is -2.20. The minimum atomic E-state index is -0.437. The van der Waals surface area contributed by atoms with Crippen LogP contribution in [0, 0.1) is 10.5 Å². The first-order valence-electron chi connectivity index (χ1n) is 13.2. The van der Waals surface area contributed by atoms with Crippen molar-refractivity contribution in [1.29, 1.82) is 0 Å². The summed E-state index contributed by atoms with van der Waals surface area (Å²) in [4.78, 5) is 15.1. The molecule has 0 saturated heterocycles. The summed E-state index contributed by atoms with van der Waals surface area (Å²) in [6.07, 6.45) is 1.66. The fourth-order valence-corrected chi connectivity index (χ4v) is 5.69. The third kappa shape index (κ3) is 7.63. The first-order valence-corrected chi connectivity index (χ1v) is 15.2. The van der Waals surface area contributed by atoms with E-state index < -0.39 is 5.25 Å². The van der Waals surface area contributed by atoms with Crippen molar-refractivity contribution in [2.45, 2.75) is 44.6 Å². The molecule has 0 fully saturated rings. The Morgan fingerprint density at radius 2 is 1.80 bits per heavy atom. The topological polar surface area (TPSA) is 87.4 Å². The number of benzene rings is 3. The normalized spacial score (nSPS) is 11.9. The summed E-state index contributed by atoms with van der Waals surface area (Å²) in [5, 5.41) is 16.8. The van der Waals surface area contributed by atoms with Gasteiger partial charge in [0.15, 0.2) is 11.0 Å². The molecule has 208 valence electrons. The van der Waals surface area contributed by atoms with Crippen molar-refractivity contribution in [2.24, 2.45) is 5.10 Å². The number of amides is 1. The smallest absolute Gasteiger partial charge is 0.253 e. The quantitative estimate of drug-likeness (QED) is 0.0802. The van der Waals surface area contributed by atoms with Gasteiger partial charge in [0.05, 0.1) is 18.0 Å². The molecule has 0 aliphatic heterocycles. The maximum Gasteiger partial charge on any atom is 0.253 e. The highest BCUT2D eigenvalue weighted by Crippen LogP contribution is 2.27. The summed E-state index contributed by atoms with van der Waals surface area (Å²) in [5.74, 6) is 0.545. The van der Waals surface area contributed by atoms with Gasteiger partial charge in [-0.15, -0.1) is 10.2 Å². The van der Waals surface area contributed by atoms with Gasteiger partial charge in [0.25, 0.3) is 5.91 Å². The van der Waals surface area contributed by atoms with Gasteiger partial charge in [0, 0.05) is 33.7 Å². The largest absolute Gasteiger partial charge is 0.378 e. The molecule has 40 heavy (non-hydrogen) atoms. The molecule has 10 heteroatoms. The molecule has 4 aromatic rings. The van der Waals surface area contributed by atoms with E-state index in [1.54, 1.807) is 6.21 Å². The van der Waals surface area contributed by atoms with Crippen molar-refractivity contribution in [2.75, 3.05) is 23.3 Å². The number of rotatable bonds is 12. The maximum atomic E-state index is 12.9. The van der Waals surface area contributed by atoms with Gasteiger partial charge in [0.2, 0.25) is 0 Å². The van der Waals surface area contributed by atoms with Gasteiger partial charge in [-0.2, -0.15) is 5.10 Å². The Hall–Kier alpha value is -3.38. The average molecular weight is 668 g/mol. The van der Waals surface area contributed by atoms with Crippen molar-refractivity contribution < 1.29 is 4.79 Å². The van der Waals surface area contributed by atoms with Crippen LogP contribution in [-0.2, 0) is 11.3 Å². The highest BCUT2D eigenvalue weighted by atomic mass is 127. The Balaban J connectivity index is 1.43. The van der Waals surface area contributed by atoms with Gasteiger partial charge >= 0.3 is 0 Å². The van der Waals surface area contributed by atoms with Gasteiger partial charge in [-0.3, -0.25) is 9.36 Å².